The van der Waals surface area contributed by atoms with Crippen LogP contribution < -0.4 is 4.72 Å². The summed E-state index contributed by atoms with van der Waals surface area (Å²) in [4.78, 5) is 0.152. The van der Waals surface area contributed by atoms with E-state index in [9.17, 15) is 8.42 Å². The lowest BCUT2D eigenvalue weighted by molar-refractivity contribution is 0.530. The van der Waals surface area contributed by atoms with Gasteiger partial charge >= 0.3 is 0 Å². The summed E-state index contributed by atoms with van der Waals surface area (Å²) >= 11 is 0. The highest BCUT2D eigenvalue weighted by atomic mass is 32.2. The Labute approximate surface area is 159 Å². The molecule has 0 aliphatic heterocycles. The van der Waals surface area contributed by atoms with Gasteiger partial charge in [-0.25, -0.2) is 8.42 Å². The van der Waals surface area contributed by atoms with Crippen LogP contribution in [0, 0.1) is 20.8 Å². The van der Waals surface area contributed by atoms with E-state index in [-0.39, 0.29) is 10.8 Å². The fourth-order valence-electron chi connectivity index (χ4n) is 3.04. The Balaban J connectivity index is 2.08. The first kappa shape index (κ1) is 19.2. The smallest absolute Gasteiger partial charge is 0.264 e. The molecule has 0 bridgehead atoms. The summed E-state index contributed by atoms with van der Waals surface area (Å²) in [6, 6.07) is 7.39. The van der Waals surface area contributed by atoms with Gasteiger partial charge in [-0.05, 0) is 37.5 Å². The number of sulfonamides is 1. The van der Waals surface area contributed by atoms with Gasteiger partial charge in [-0.15, -0.1) is 10.2 Å². The van der Waals surface area contributed by atoms with Crippen molar-refractivity contribution in [3.8, 4) is 11.5 Å². The van der Waals surface area contributed by atoms with Crippen LogP contribution in [-0.4, -0.2) is 23.2 Å². The molecule has 27 heavy (non-hydrogen) atoms. The molecule has 0 spiro atoms. The third-order valence-electron chi connectivity index (χ3n) is 4.76. The maximum absolute atomic E-state index is 13.2. The SMILES string of the molecule is Cc1nnc(-c2c(S(=O)(=O)Nc3ccc(C(C)C)cc3)c(C)n(C)c2C)o1. The predicted octanol–water partition coefficient (Wildman–Crippen LogP) is 3.92. The fraction of sp³-hybridized carbons (Fsp3) is 0.368. The van der Waals surface area contributed by atoms with Crippen molar-refractivity contribution in [1.29, 1.82) is 0 Å². The zero-order chi connectivity index (χ0) is 19.9. The molecule has 0 saturated heterocycles. The zero-order valence-electron chi connectivity index (χ0n) is 16.4. The quantitative estimate of drug-likeness (QED) is 0.715. The Kier molecular flexibility index (Phi) is 4.86. The molecule has 0 radical (unpaired) electrons. The van der Waals surface area contributed by atoms with Crippen LogP contribution in [0.2, 0.25) is 0 Å². The molecule has 0 unspecified atom stereocenters. The minimum atomic E-state index is -3.85. The Morgan fingerprint density at radius 2 is 1.67 bits per heavy atom. The molecule has 3 aromatic rings. The molecule has 7 nitrogen and oxygen atoms in total. The highest BCUT2D eigenvalue weighted by molar-refractivity contribution is 7.93. The third-order valence-corrected chi connectivity index (χ3v) is 6.30. The van der Waals surface area contributed by atoms with E-state index in [2.05, 4.69) is 28.8 Å². The number of anilines is 1. The number of benzene rings is 1. The van der Waals surface area contributed by atoms with Crippen molar-refractivity contribution in [3.05, 3.63) is 47.1 Å². The zero-order valence-corrected chi connectivity index (χ0v) is 17.2. The van der Waals surface area contributed by atoms with Crippen molar-refractivity contribution in [2.24, 2.45) is 7.05 Å². The van der Waals surface area contributed by atoms with Crippen LogP contribution in [0.15, 0.2) is 33.6 Å². The lowest BCUT2D eigenvalue weighted by Gasteiger charge is -2.11. The average Bonchev–Trinajstić information content (AvgIpc) is 3.12. The molecule has 0 aliphatic carbocycles. The van der Waals surface area contributed by atoms with Crippen LogP contribution in [0.4, 0.5) is 5.69 Å². The number of aryl methyl sites for hydroxylation is 1. The Morgan fingerprint density at radius 3 is 2.19 bits per heavy atom. The Hall–Kier alpha value is -2.61. The van der Waals surface area contributed by atoms with E-state index in [1.807, 2.05) is 30.7 Å². The number of hydrogen-bond acceptors (Lipinski definition) is 5. The molecule has 1 aromatic carbocycles. The van der Waals surface area contributed by atoms with Crippen molar-refractivity contribution in [3.63, 3.8) is 0 Å². The molecule has 144 valence electrons. The second-order valence-corrected chi connectivity index (χ2v) is 8.56. The molecular weight excluding hydrogens is 364 g/mol. The second-order valence-electron chi connectivity index (χ2n) is 6.94. The van der Waals surface area contributed by atoms with Gasteiger partial charge in [0.15, 0.2) is 0 Å². The number of rotatable bonds is 5. The van der Waals surface area contributed by atoms with Gasteiger partial charge in [0.1, 0.15) is 4.90 Å². The van der Waals surface area contributed by atoms with Gasteiger partial charge in [0, 0.05) is 31.0 Å². The van der Waals surface area contributed by atoms with E-state index in [0.717, 1.165) is 11.3 Å². The van der Waals surface area contributed by atoms with Crippen LogP contribution >= 0.6 is 0 Å². The van der Waals surface area contributed by atoms with Gasteiger partial charge < -0.3 is 8.98 Å². The van der Waals surface area contributed by atoms with Crippen LogP contribution in [-0.2, 0) is 17.1 Å². The minimum absolute atomic E-state index is 0.152. The van der Waals surface area contributed by atoms with Crippen LogP contribution in [0.3, 0.4) is 0 Å². The molecular formula is C19H24N4O3S. The summed E-state index contributed by atoms with van der Waals surface area (Å²) in [5.74, 6) is 0.956. The summed E-state index contributed by atoms with van der Waals surface area (Å²) in [7, 11) is -2.03. The molecule has 3 rings (SSSR count). The lowest BCUT2D eigenvalue weighted by atomic mass is 10.0. The van der Waals surface area contributed by atoms with E-state index < -0.39 is 10.0 Å². The van der Waals surface area contributed by atoms with Gasteiger partial charge in [0.25, 0.3) is 15.9 Å². The number of nitrogens with zero attached hydrogens (tertiary/aromatic N) is 3. The van der Waals surface area contributed by atoms with E-state index in [0.29, 0.717) is 28.8 Å². The molecule has 0 amide bonds. The van der Waals surface area contributed by atoms with Crippen molar-refractivity contribution < 1.29 is 12.8 Å². The largest absolute Gasteiger partial charge is 0.421 e. The summed E-state index contributed by atoms with van der Waals surface area (Å²) in [5.41, 5.74) is 3.43. The molecule has 2 heterocycles. The topological polar surface area (TPSA) is 90.0 Å². The Morgan fingerprint density at radius 1 is 1.04 bits per heavy atom. The van der Waals surface area contributed by atoms with Gasteiger partial charge in [-0.2, -0.15) is 0 Å². The summed E-state index contributed by atoms with van der Waals surface area (Å²) < 4.78 is 36.4. The molecule has 2 aromatic heterocycles. The number of hydrogen-bond donors (Lipinski definition) is 1. The standard InChI is InChI=1S/C19H24N4O3S/c1-11(2)15-7-9-16(10-8-15)22-27(24,25)18-13(4)23(6)12(3)17(18)19-21-20-14(5)26-19/h7-11,22H,1-6H3. The molecule has 0 saturated carbocycles. The van der Waals surface area contributed by atoms with Gasteiger partial charge in [-0.1, -0.05) is 26.0 Å². The lowest BCUT2D eigenvalue weighted by Crippen LogP contribution is -2.15. The predicted molar refractivity (Wildman–Crippen MR) is 104 cm³/mol. The van der Waals surface area contributed by atoms with E-state index in [1.165, 1.54) is 0 Å². The first-order valence-corrected chi connectivity index (χ1v) is 10.2. The van der Waals surface area contributed by atoms with Gasteiger partial charge in [-0.3, -0.25) is 4.72 Å². The minimum Gasteiger partial charge on any atom is -0.421 e. The van der Waals surface area contributed by atoms with Crippen molar-refractivity contribution in [2.75, 3.05) is 4.72 Å². The Bertz CT molecular complexity index is 1080. The molecule has 0 fully saturated rings. The molecule has 8 heteroatoms. The van der Waals surface area contributed by atoms with Crippen LogP contribution in [0.5, 0.6) is 0 Å². The highest BCUT2D eigenvalue weighted by Crippen LogP contribution is 2.35. The summed E-state index contributed by atoms with van der Waals surface area (Å²) in [5, 5.41) is 7.86. The van der Waals surface area contributed by atoms with Crippen molar-refractivity contribution >= 4 is 15.7 Å². The summed E-state index contributed by atoms with van der Waals surface area (Å²) in [6.07, 6.45) is 0. The molecule has 0 atom stereocenters. The van der Waals surface area contributed by atoms with Crippen molar-refractivity contribution in [2.45, 2.75) is 45.4 Å². The van der Waals surface area contributed by atoms with Gasteiger partial charge in [0.05, 0.1) is 5.56 Å². The average molecular weight is 388 g/mol. The van der Waals surface area contributed by atoms with Gasteiger partial charge in [0.2, 0.25) is 5.89 Å². The number of nitrogens with one attached hydrogen (secondary N) is 1. The maximum Gasteiger partial charge on any atom is 0.264 e. The first-order chi connectivity index (χ1) is 12.6. The fourth-order valence-corrected chi connectivity index (χ4v) is 4.62. The monoisotopic (exact) mass is 388 g/mol. The second kappa shape index (κ2) is 6.84. The van der Waals surface area contributed by atoms with E-state index in [1.54, 1.807) is 26.0 Å². The van der Waals surface area contributed by atoms with E-state index in [4.69, 9.17) is 4.42 Å². The molecule has 0 aliphatic rings. The highest BCUT2D eigenvalue weighted by Gasteiger charge is 2.30. The third kappa shape index (κ3) is 3.49. The normalized spacial score (nSPS) is 12.0. The summed E-state index contributed by atoms with van der Waals surface area (Å²) in [6.45, 7) is 9.45. The van der Waals surface area contributed by atoms with E-state index >= 15 is 0 Å². The first-order valence-electron chi connectivity index (χ1n) is 8.71. The van der Waals surface area contributed by atoms with Crippen LogP contribution in [0.1, 0.15) is 42.6 Å². The molecule has 1 N–H and O–H groups in total. The van der Waals surface area contributed by atoms with Crippen molar-refractivity contribution in [1.82, 2.24) is 14.8 Å². The number of aromatic nitrogens is 3. The van der Waals surface area contributed by atoms with Crippen LogP contribution in [0.25, 0.3) is 11.5 Å². The maximum atomic E-state index is 13.2.